The van der Waals surface area contributed by atoms with Crippen molar-refractivity contribution in [1.82, 2.24) is 9.47 Å². The number of aromatic nitrogens is 1. The van der Waals surface area contributed by atoms with Crippen LogP contribution in [0.15, 0.2) is 18.3 Å². The summed E-state index contributed by atoms with van der Waals surface area (Å²) in [6.07, 6.45) is 4.12. The molecular formula is C14H18N2O4. The summed E-state index contributed by atoms with van der Waals surface area (Å²) < 4.78 is 7.22. The molecule has 1 saturated carbocycles. The van der Waals surface area contributed by atoms with Gasteiger partial charge in [-0.15, -0.1) is 0 Å². The summed E-state index contributed by atoms with van der Waals surface area (Å²) in [7, 11) is 1.65. The van der Waals surface area contributed by atoms with Gasteiger partial charge in [0.2, 0.25) is 0 Å². The molecule has 0 aromatic carbocycles. The summed E-state index contributed by atoms with van der Waals surface area (Å²) in [5, 5.41) is 9.17. The predicted octanol–water partition coefficient (Wildman–Crippen LogP) is 0.995. The third kappa shape index (κ3) is 2.20. The van der Waals surface area contributed by atoms with E-state index in [4.69, 9.17) is 4.74 Å². The van der Waals surface area contributed by atoms with Gasteiger partial charge in [0, 0.05) is 19.3 Å². The van der Waals surface area contributed by atoms with Crippen molar-refractivity contribution in [3.05, 3.63) is 24.0 Å². The first-order valence-electron chi connectivity index (χ1n) is 6.84. The molecule has 6 heteroatoms. The molecule has 2 atom stereocenters. The number of carbonyl (C=O) groups is 2. The zero-order chi connectivity index (χ0) is 14.3. The Hall–Kier alpha value is -1.82. The summed E-state index contributed by atoms with van der Waals surface area (Å²) >= 11 is 0. The molecule has 108 valence electrons. The lowest BCUT2D eigenvalue weighted by atomic mass is 10.0. The zero-order valence-electron chi connectivity index (χ0n) is 11.4. The molecule has 1 N–H and O–H groups in total. The lowest BCUT2D eigenvalue weighted by Crippen LogP contribution is -2.44. The first-order valence-corrected chi connectivity index (χ1v) is 6.84. The fourth-order valence-electron chi connectivity index (χ4n) is 2.74. The second kappa shape index (κ2) is 4.94. The standard InChI is InChI=1S/C14H18N2O4/c1-15(12-8-20-7-10(12)14(18)19)13(17)11-3-2-6-16(11)9-4-5-9/h2-3,6,9-10,12H,4-5,7-8H2,1H3,(H,18,19). The third-order valence-electron chi connectivity index (χ3n) is 4.12. The average molecular weight is 278 g/mol. The molecule has 20 heavy (non-hydrogen) atoms. The molecule has 0 spiro atoms. The molecule has 6 nitrogen and oxygen atoms in total. The van der Waals surface area contributed by atoms with Gasteiger partial charge in [0.1, 0.15) is 11.6 Å². The molecule has 3 rings (SSSR count). The Balaban J connectivity index is 1.79. The van der Waals surface area contributed by atoms with Crippen molar-refractivity contribution in [2.45, 2.75) is 24.9 Å². The Labute approximate surface area is 116 Å². The van der Waals surface area contributed by atoms with E-state index >= 15 is 0 Å². The molecule has 2 heterocycles. The Morgan fingerprint density at radius 3 is 2.80 bits per heavy atom. The molecule has 1 amide bonds. The van der Waals surface area contributed by atoms with Crippen LogP contribution in [0, 0.1) is 5.92 Å². The van der Waals surface area contributed by atoms with Crippen LogP contribution < -0.4 is 0 Å². The van der Waals surface area contributed by atoms with E-state index in [0.29, 0.717) is 11.7 Å². The lowest BCUT2D eigenvalue weighted by molar-refractivity contribution is -0.142. The van der Waals surface area contributed by atoms with E-state index in [1.165, 1.54) is 4.90 Å². The highest BCUT2D eigenvalue weighted by Crippen LogP contribution is 2.36. The minimum Gasteiger partial charge on any atom is -0.481 e. The van der Waals surface area contributed by atoms with Crippen molar-refractivity contribution in [2.24, 2.45) is 5.92 Å². The van der Waals surface area contributed by atoms with Gasteiger partial charge in [-0.25, -0.2) is 0 Å². The van der Waals surface area contributed by atoms with Crippen molar-refractivity contribution in [2.75, 3.05) is 20.3 Å². The van der Waals surface area contributed by atoms with E-state index in [2.05, 4.69) is 0 Å². The first-order chi connectivity index (χ1) is 9.59. The number of carboxylic acid groups (broad SMARTS) is 1. The van der Waals surface area contributed by atoms with E-state index < -0.39 is 17.9 Å². The summed E-state index contributed by atoms with van der Waals surface area (Å²) in [5.74, 6) is -1.69. The fraction of sp³-hybridized carbons (Fsp3) is 0.571. The van der Waals surface area contributed by atoms with Crippen LogP contribution in [0.25, 0.3) is 0 Å². The van der Waals surface area contributed by atoms with Gasteiger partial charge in [-0.3, -0.25) is 9.59 Å². The number of carbonyl (C=O) groups excluding carboxylic acids is 1. The van der Waals surface area contributed by atoms with Gasteiger partial charge in [0.05, 0.1) is 19.3 Å². The molecule has 1 aromatic heterocycles. The highest BCUT2D eigenvalue weighted by molar-refractivity contribution is 5.93. The van der Waals surface area contributed by atoms with E-state index in [1.807, 2.05) is 16.8 Å². The molecule has 2 unspecified atom stereocenters. The number of rotatable bonds is 4. The maximum Gasteiger partial charge on any atom is 0.311 e. The number of aliphatic carboxylic acids is 1. The summed E-state index contributed by atoms with van der Waals surface area (Å²) in [6, 6.07) is 3.68. The maximum absolute atomic E-state index is 12.6. The van der Waals surface area contributed by atoms with Crippen LogP contribution in [0.2, 0.25) is 0 Å². The Kier molecular flexibility index (Phi) is 3.25. The van der Waals surface area contributed by atoms with Crippen LogP contribution in [-0.4, -0.2) is 52.8 Å². The molecule has 0 bridgehead atoms. The van der Waals surface area contributed by atoms with Gasteiger partial charge in [-0.1, -0.05) is 0 Å². The smallest absolute Gasteiger partial charge is 0.311 e. The van der Waals surface area contributed by atoms with E-state index in [9.17, 15) is 14.7 Å². The van der Waals surface area contributed by atoms with Gasteiger partial charge < -0.3 is 19.3 Å². The number of ether oxygens (including phenoxy) is 1. The van der Waals surface area contributed by atoms with Crippen LogP contribution in [0.5, 0.6) is 0 Å². The highest BCUT2D eigenvalue weighted by Gasteiger charge is 2.39. The minimum absolute atomic E-state index is 0.136. The minimum atomic E-state index is -0.912. The second-order valence-corrected chi connectivity index (χ2v) is 5.50. The van der Waals surface area contributed by atoms with Crippen molar-refractivity contribution >= 4 is 11.9 Å². The number of carboxylic acids is 1. The first kappa shape index (κ1) is 13.2. The van der Waals surface area contributed by atoms with Gasteiger partial charge in [-0.05, 0) is 25.0 Å². The molecule has 2 fully saturated rings. The van der Waals surface area contributed by atoms with E-state index in [1.54, 1.807) is 13.1 Å². The largest absolute Gasteiger partial charge is 0.481 e. The van der Waals surface area contributed by atoms with Crippen LogP contribution in [0.4, 0.5) is 0 Å². The SMILES string of the molecule is CN(C(=O)c1cccn1C1CC1)C1COCC1C(=O)O. The van der Waals surface area contributed by atoms with Crippen molar-refractivity contribution in [3.8, 4) is 0 Å². The molecule has 1 aromatic rings. The van der Waals surface area contributed by atoms with E-state index in [0.717, 1.165) is 12.8 Å². The molecule has 1 aliphatic carbocycles. The fourth-order valence-corrected chi connectivity index (χ4v) is 2.74. The average Bonchev–Trinajstić information content (AvgIpc) is 2.96. The van der Waals surface area contributed by atoms with Gasteiger partial charge >= 0.3 is 5.97 Å². The molecule has 1 saturated heterocycles. The Bertz CT molecular complexity index is 535. The molecule has 0 radical (unpaired) electrons. The van der Waals surface area contributed by atoms with E-state index in [-0.39, 0.29) is 19.1 Å². The zero-order valence-corrected chi connectivity index (χ0v) is 11.4. The molecule has 2 aliphatic rings. The number of nitrogens with zero attached hydrogens (tertiary/aromatic N) is 2. The van der Waals surface area contributed by atoms with Crippen LogP contribution in [0.1, 0.15) is 29.4 Å². The number of amides is 1. The predicted molar refractivity (Wildman–Crippen MR) is 70.5 cm³/mol. The van der Waals surface area contributed by atoms with Gasteiger partial charge in [-0.2, -0.15) is 0 Å². The third-order valence-corrected chi connectivity index (χ3v) is 4.12. The normalized spacial score (nSPS) is 25.6. The maximum atomic E-state index is 12.6. The quantitative estimate of drug-likeness (QED) is 0.891. The van der Waals surface area contributed by atoms with Gasteiger partial charge in [0.25, 0.3) is 5.91 Å². The molecular weight excluding hydrogens is 260 g/mol. The van der Waals surface area contributed by atoms with Crippen LogP contribution in [-0.2, 0) is 9.53 Å². The number of likely N-dealkylation sites (N-methyl/N-ethyl adjacent to an activating group) is 1. The van der Waals surface area contributed by atoms with Crippen molar-refractivity contribution in [1.29, 1.82) is 0 Å². The van der Waals surface area contributed by atoms with Crippen LogP contribution >= 0.6 is 0 Å². The molecule has 1 aliphatic heterocycles. The van der Waals surface area contributed by atoms with Crippen LogP contribution in [0.3, 0.4) is 0 Å². The highest BCUT2D eigenvalue weighted by atomic mass is 16.5. The lowest BCUT2D eigenvalue weighted by Gasteiger charge is -2.26. The monoisotopic (exact) mass is 278 g/mol. The second-order valence-electron chi connectivity index (χ2n) is 5.50. The number of hydrogen-bond acceptors (Lipinski definition) is 3. The van der Waals surface area contributed by atoms with Crippen molar-refractivity contribution in [3.63, 3.8) is 0 Å². The Morgan fingerprint density at radius 1 is 1.40 bits per heavy atom. The number of hydrogen-bond donors (Lipinski definition) is 1. The summed E-state index contributed by atoms with van der Waals surface area (Å²) in [4.78, 5) is 25.3. The summed E-state index contributed by atoms with van der Waals surface area (Å²) in [6.45, 7) is 0.449. The van der Waals surface area contributed by atoms with Gasteiger partial charge in [0.15, 0.2) is 0 Å². The van der Waals surface area contributed by atoms with Crippen molar-refractivity contribution < 1.29 is 19.4 Å². The topological polar surface area (TPSA) is 71.8 Å². The Morgan fingerprint density at radius 2 is 2.15 bits per heavy atom. The summed E-state index contributed by atoms with van der Waals surface area (Å²) in [5.41, 5.74) is 0.631.